The van der Waals surface area contributed by atoms with Gasteiger partial charge in [-0.2, -0.15) is 0 Å². The van der Waals surface area contributed by atoms with E-state index in [1.807, 2.05) is 26.0 Å². The van der Waals surface area contributed by atoms with Crippen molar-refractivity contribution in [2.45, 2.75) is 33.6 Å². The van der Waals surface area contributed by atoms with Crippen LogP contribution in [-0.4, -0.2) is 31.4 Å². The number of aromatic carboxylic acids is 1. The number of hydrogen-bond acceptors (Lipinski definition) is 4. The van der Waals surface area contributed by atoms with E-state index in [-0.39, 0.29) is 35.5 Å². The average molecular weight is 352 g/mol. The molecule has 2 N–H and O–H groups in total. The van der Waals surface area contributed by atoms with Crippen LogP contribution >= 0.6 is 0 Å². The lowest BCUT2D eigenvalue weighted by molar-refractivity contribution is 0.0693. The van der Waals surface area contributed by atoms with Crippen LogP contribution in [0.5, 0.6) is 5.75 Å². The molecule has 0 aliphatic heterocycles. The van der Waals surface area contributed by atoms with Gasteiger partial charge in [0.05, 0.1) is 11.3 Å². The number of carbonyl (C=O) groups excluding carboxylic acids is 1. The number of nitrogens with zero attached hydrogens (tertiary/aromatic N) is 2. The van der Waals surface area contributed by atoms with Crippen LogP contribution in [0.2, 0.25) is 0 Å². The van der Waals surface area contributed by atoms with Crippen LogP contribution in [0.3, 0.4) is 0 Å². The molecule has 0 saturated heterocycles. The Hall–Kier alpha value is -3.15. The molecule has 1 aromatic carbocycles. The zero-order valence-corrected chi connectivity index (χ0v) is 14.9. The van der Waals surface area contributed by atoms with Gasteiger partial charge in [-0.3, -0.25) is 4.79 Å². The van der Waals surface area contributed by atoms with E-state index in [9.17, 15) is 19.8 Å². The summed E-state index contributed by atoms with van der Waals surface area (Å²) in [4.78, 5) is 28.5. The standard InChI is InChI=1S/C20H20N2O4/c1-11-6-4-5-7-14(11)17(23)9-8-15-16(20(25)26)10-22-13(3)12(2)21-19(22)18(15)24/h4-7,10,24H,8-9H2,1-3H3,(H,25,26). The topological polar surface area (TPSA) is 91.9 Å². The highest BCUT2D eigenvalue weighted by Gasteiger charge is 2.22. The first-order chi connectivity index (χ1) is 12.3. The number of aromatic hydroxyl groups is 1. The number of carbonyl (C=O) groups is 2. The van der Waals surface area contributed by atoms with Gasteiger partial charge in [0, 0.05) is 29.4 Å². The summed E-state index contributed by atoms with van der Waals surface area (Å²) in [7, 11) is 0. The molecule has 0 unspecified atom stereocenters. The number of Topliss-reactive ketones (excluding diaryl/α,β-unsaturated/α-hetero) is 1. The quantitative estimate of drug-likeness (QED) is 0.686. The molecule has 26 heavy (non-hydrogen) atoms. The van der Waals surface area contributed by atoms with Gasteiger partial charge in [0.2, 0.25) is 0 Å². The largest absolute Gasteiger partial charge is 0.504 e. The molecule has 0 aliphatic rings. The highest BCUT2D eigenvalue weighted by molar-refractivity contribution is 5.98. The summed E-state index contributed by atoms with van der Waals surface area (Å²) >= 11 is 0. The molecule has 0 aliphatic carbocycles. The first kappa shape index (κ1) is 17.7. The van der Waals surface area contributed by atoms with Gasteiger partial charge in [-0.05, 0) is 32.8 Å². The van der Waals surface area contributed by atoms with E-state index in [0.717, 1.165) is 11.3 Å². The highest BCUT2D eigenvalue weighted by Crippen LogP contribution is 2.30. The molecule has 6 nitrogen and oxygen atoms in total. The monoisotopic (exact) mass is 352 g/mol. The molecule has 2 aromatic heterocycles. The van der Waals surface area contributed by atoms with Crippen LogP contribution < -0.4 is 0 Å². The molecule has 0 radical (unpaired) electrons. The first-order valence-electron chi connectivity index (χ1n) is 8.33. The molecule has 3 rings (SSSR count). The van der Waals surface area contributed by atoms with Crippen LogP contribution in [-0.2, 0) is 6.42 Å². The van der Waals surface area contributed by atoms with Crippen LogP contribution in [0.1, 0.15) is 49.7 Å². The van der Waals surface area contributed by atoms with E-state index in [2.05, 4.69) is 4.98 Å². The summed E-state index contributed by atoms with van der Waals surface area (Å²) in [5, 5.41) is 20.1. The maximum Gasteiger partial charge on any atom is 0.337 e. The predicted octanol–water partition coefficient (Wildman–Crippen LogP) is 3.48. The number of fused-ring (bicyclic) bond motifs is 1. The molecular weight excluding hydrogens is 332 g/mol. The van der Waals surface area contributed by atoms with Crippen molar-refractivity contribution in [1.82, 2.24) is 9.38 Å². The summed E-state index contributed by atoms with van der Waals surface area (Å²) in [6.07, 6.45) is 1.69. The molecule has 134 valence electrons. The van der Waals surface area contributed by atoms with Crippen molar-refractivity contribution in [1.29, 1.82) is 0 Å². The van der Waals surface area contributed by atoms with Crippen molar-refractivity contribution in [2.75, 3.05) is 0 Å². The van der Waals surface area contributed by atoms with Gasteiger partial charge >= 0.3 is 5.97 Å². The van der Waals surface area contributed by atoms with E-state index < -0.39 is 5.97 Å². The van der Waals surface area contributed by atoms with E-state index in [1.54, 1.807) is 23.5 Å². The molecule has 6 heteroatoms. The second-order valence-electron chi connectivity index (χ2n) is 6.39. The Kier molecular flexibility index (Phi) is 4.50. The zero-order chi connectivity index (χ0) is 19.0. The summed E-state index contributed by atoms with van der Waals surface area (Å²) < 4.78 is 1.57. The normalized spacial score (nSPS) is 11.0. The van der Waals surface area contributed by atoms with Crippen molar-refractivity contribution >= 4 is 17.4 Å². The number of carboxylic acid groups (broad SMARTS) is 1. The van der Waals surface area contributed by atoms with E-state index in [1.165, 1.54) is 6.20 Å². The fourth-order valence-electron chi connectivity index (χ4n) is 3.12. The summed E-state index contributed by atoms with van der Waals surface area (Å²) in [5.41, 5.74) is 3.48. The first-order valence-corrected chi connectivity index (χ1v) is 8.33. The minimum Gasteiger partial charge on any atom is -0.504 e. The second-order valence-corrected chi connectivity index (χ2v) is 6.39. The Morgan fingerprint density at radius 2 is 1.81 bits per heavy atom. The molecule has 0 spiro atoms. The smallest absolute Gasteiger partial charge is 0.337 e. The zero-order valence-electron chi connectivity index (χ0n) is 14.9. The Balaban J connectivity index is 2.00. The third-order valence-electron chi connectivity index (χ3n) is 4.75. The number of hydrogen-bond donors (Lipinski definition) is 2. The lowest BCUT2D eigenvalue weighted by Crippen LogP contribution is -2.09. The van der Waals surface area contributed by atoms with Crippen LogP contribution in [0.25, 0.3) is 5.65 Å². The second kappa shape index (κ2) is 6.63. The van der Waals surface area contributed by atoms with Crippen molar-refractivity contribution in [3.63, 3.8) is 0 Å². The van der Waals surface area contributed by atoms with Crippen molar-refractivity contribution in [3.8, 4) is 5.75 Å². The number of ketones is 1. The Morgan fingerprint density at radius 1 is 1.12 bits per heavy atom. The average Bonchev–Trinajstić information content (AvgIpc) is 2.89. The Bertz CT molecular complexity index is 1030. The number of carboxylic acids is 1. The minimum absolute atomic E-state index is 0.0203. The molecule has 2 heterocycles. The van der Waals surface area contributed by atoms with Gasteiger partial charge < -0.3 is 14.6 Å². The van der Waals surface area contributed by atoms with E-state index in [0.29, 0.717) is 16.9 Å². The van der Waals surface area contributed by atoms with Gasteiger partial charge in [-0.25, -0.2) is 9.78 Å². The molecule has 3 aromatic rings. The molecule has 0 atom stereocenters. The SMILES string of the molecule is Cc1ccccc1C(=O)CCc1c(C(=O)O)cn2c(C)c(C)nc2c1O. The van der Waals surface area contributed by atoms with E-state index in [4.69, 9.17) is 0 Å². The molecule has 0 amide bonds. The van der Waals surface area contributed by atoms with Gasteiger partial charge in [-0.1, -0.05) is 24.3 Å². The number of benzene rings is 1. The van der Waals surface area contributed by atoms with Crippen molar-refractivity contribution in [2.24, 2.45) is 0 Å². The fourth-order valence-corrected chi connectivity index (χ4v) is 3.12. The predicted molar refractivity (Wildman–Crippen MR) is 97.1 cm³/mol. The number of pyridine rings is 1. The van der Waals surface area contributed by atoms with Crippen LogP contribution in [0.4, 0.5) is 0 Å². The van der Waals surface area contributed by atoms with Crippen molar-refractivity contribution < 1.29 is 19.8 Å². The van der Waals surface area contributed by atoms with Crippen LogP contribution in [0.15, 0.2) is 30.5 Å². The van der Waals surface area contributed by atoms with Gasteiger partial charge in [0.25, 0.3) is 0 Å². The number of imidazole rings is 1. The summed E-state index contributed by atoms with van der Waals surface area (Å²) in [5.74, 6) is -1.42. The lowest BCUT2D eigenvalue weighted by Gasteiger charge is -2.11. The van der Waals surface area contributed by atoms with Gasteiger partial charge in [0.1, 0.15) is 0 Å². The molecule has 0 fully saturated rings. The molecule has 0 bridgehead atoms. The van der Waals surface area contributed by atoms with Crippen molar-refractivity contribution in [3.05, 3.63) is 64.1 Å². The van der Waals surface area contributed by atoms with Gasteiger partial charge in [0.15, 0.2) is 17.2 Å². The molecular formula is C20H20N2O4. The summed E-state index contributed by atoms with van der Waals surface area (Å²) in [6.45, 7) is 5.46. The third-order valence-corrected chi connectivity index (χ3v) is 4.75. The number of rotatable bonds is 5. The van der Waals surface area contributed by atoms with Crippen LogP contribution in [0, 0.1) is 20.8 Å². The number of aryl methyl sites for hydroxylation is 3. The van der Waals surface area contributed by atoms with E-state index >= 15 is 0 Å². The molecule has 0 saturated carbocycles. The minimum atomic E-state index is -1.15. The van der Waals surface area contributed by atoms with Gasteiger partial charge in [-0.15, -0.1) is 0 Å². The number of aromatic nitrogens is 2. The lowest BCUT2D eigenvalue weighted by atomic mass is 9.97. The fraction of sp³-hybridized carbons (Fsp3) is 0.250. The highest BCUT2D eigenvalue weighted by atomic mass is 16.4. The Labute approximate surface area is 150 Å². The maximum absolute atomic E-state index is 12.5. The summed E-state index contributed by atoms with van der Waals surface area (Å²) in [6, 6.07) is 7.26. The third kappa shape index (κ3) is 2.94. The Morgan fingerprint density at radius 3 is 2.46 bits per heavy atom. The maximum atomic E-state index is 12.5.